The first kappa shape index (κ1) is 14.8. The van der Waals surface area contributed by atoms with E-state index in [1.54, 1.807) is 18.2 Å². The summed E-state index contributed by atoms with van der Waals surface area (Å²) in [5.74, 6) is -1.23. The summed E-state index contributed by atoms with van der Waals surface area (Å²) in [6.07, 6.45) is 0.904. The molecule has 22 heavy (non-hydrogen) atoms. The predicted octanol–water partition coefficient (Wildman–Crippen LogP) is 4.43. The van der Waals surface area contributed by atoms with Gasteiger partial charge in [0.15, 0.2) is 11.6 Å². The molecular weight excluding hydrogens is 284 g/mol. The van der Waals surface area contributed by atoms with Gasteiger partial charge in [-0.05, 0) is 35.2 Å². The monoisotopic (exact) mass is 303 g/mol. The van der Waals surface area contributed by atoms with Gasteiger partial charge in [-0.25, -0.2) is 8.78 Å². The van der Waals surface area contributed by atoms with Crippen molar-refractivity contribution in [2.24, 2.45) is 5.92 Å². The van der Waals surface area contributed by atoms with Gasteiger partial charge in [0, 0.05) is 12.0 Å². The Bertz CT molecular complexity index is 699. The van der Waals surface area contributed by atoms with E-state index in [0.29, 0.717) is 6.54 Å². The Labute approximate surface area is 128 Å². The van der Waals surface area contributed by atoms with Crippen LogP contribution in [-0.4, -0.2) is 11.7 Å². The van der Waals surface area contributed by atoms with Crippen LogP contribution >= 0.6 is 0 Å². The molecule has 1 aliphatic rings. The normalized spacial score (nSPS) is 21.3. The molecule has 0 aromatic heterocycles. The number of nitrogens with one attached hydrogen (secondary N) is 1. The Hall–Kier alpha value is -2.10. The first-order valence-corrected chi connectivity index (χ1v) is 7.52. The Morgan fingerprint density at radius 2 is 1.86 bits per heavy atom. The first-order chi connectivity index (χ1) is 10.5. The molecular formula is C18H19F2NO. The summed E-state index contributed by atoms with van der Waals surface area (Å²) in [5, 5.41) is 12.6. The van der Waals surface area contributed by atoms with Crippen LogP contribution in [0, 0.1) is 17.6 Å². The molecule has 116 valence electrons. The summed E-state index contributed by atoms with van der Waals surface area (Å²) in [6, 6.07) is 9.86. The third-order valence-corrected chi connectivity index (χ3v) is 4.96. The number of hydrogen-bond donors (Lipinski definition) is 2. The average Bonchev–Trinajstić information content (AvgIpc) is 2.92. The second kappa shape index (κ2) is 5.27. The van der Waals surface area contributed by atoms with E-state index in [0.717, 1.165) is 17.5 Å². The molecule has 4 heteroatoms. The van der Waals surface area contributed by atoms with Crippen LogP contribution in [0.5, 0.6) is 5.75 Å². The summed E-state index contributed by atoms with van der Waals surface area (Å²) in [5.41, 5.74) is 1.61. The van der Waals surface area contributed by atoms with E-state index in [-0.39, 0.29) is 17.4 Å². The summed E-state index contributed by atoms with van der Waals surface area (Å²) >= 11 is 0. The standard InChI is InChI=1S/C18H19F2NO/c1-3-11(2)18(12-4-6-13(22)7-5-12)10-21-17-14(18)8-9-15(19)16(17)20/h4-9,11,21-22H,3,10H2,1-2H3. The predicted molar refractivity (Wildman–Crippen MR) is 83.2 cm³/mol. The largest absolute Gasteiger partial charge is 0.508 e. The van der Waals surface area contributed by atoms with Gasteiger partial charge in [0.1, 0.15) is 5.75 Å². The quantitative estimate of drug-likeness (QED) is 0.879. The highest BCUT2D eigenvalue weighted by Gasteiger charge is 2.45. The molecule has 2 aromatic rings. The van der Waals surface area contributed by atoms with Crippen LogP contribution in [0.1, 0.15) is 31.4 Å². The van der Waals surface area contributed by atoms with E-state index in [1.807, 2.05) is 12.1 Å². The van der Waals surface area contributed by atoms with Crippen molar-refractivity contribution >= 4 is 5.69 Å². The molecule has 1 aliphatic heterocycles. The lowest BCUT2D eigenvalue weighted by atomic mass is 9.66. The summed E-state index contributed by atoms with van der Waals surface area (Å²) < 4.78 is 27.6. The maximum Gasteiger partial charge on any atom is 0.182 e. The first-order valence-electron chi connectivity index (χ1n) is 7.52. The van der Waals surface area contributed by atoms with Crippen molar-refractivity contribution in [1.29, 1.82) is 0 Å². The highest BCUT2D eigenvalue weighted by molar-refractivity contribution is 5.65. The van der Waals surface area contributed by atoms with Gasteiger partial charge in [0.25, 0.3) is 0 Å². The molecule has 2 aromatic carbocycles. The van der Waals surface area contributed by atoms with Gasteiger partial charge in [0.05, 0.1) is 5.69 Å². The third kappa shape index (κ3) is 1.97. The van der Waals surface area contributed by atoms with Crippen molar-refractivity contribution in [3.63, 3.8) is 0 Å². The Morgan fingerprint density at radius 1 is 1.18 bits per heavy atom. The number of anilines is 1. The molecule has 1 heterocycles. The Balaban J connectivity index is 2.24. The zero-order valence-corrected chi connectivity index (χ0v) is 12.7. The lowest BCUT2D eigenvalue weighted by molar-refractivity contribution is 0.362. The van der Waals surface area contributed by atoms with E-state index in [2.05, 4.69) is 19.2 Å². The van der Waals surface area contributed by atoms with E-state index in [1.165, 1.54) is 6.07 Å². The van der Waals surface area contributed by atoms with Gasteiger partial charge in [-0.1, -0.05) is 38.5 Å². The number of hydrogen-bond acceptors (Lipinski definition) is 2. The van der Waals surface area contributed by atoms with Gasteiger partial charge in [-0.2, -0.15) is 0 Å². The summed E-state index contributed by atoms with van der Waals surface area (Å²) in [4.78, 5) is 0. The molecule has 2 unspecified atom stereocenters. The van der Waals surface area contributed by atoms with Crippen molar-refractivity contribution in [1.82, 2.24) is 0 Å². The fourth-order valence-electron chi connectivity index (χ4n) is 3.51. The average molecular weight is 303 g/mol. The molecule has 2 atom stereocenters. The highest BCUT2D eigenvalue weighted by Crippen LogP contribution is 2.49. The van der Waals surface area contributed by atoms with Gasteiger partial charge in [-0.15, -0.1) is 0 Å². The Kier molecular flexibility index (Phi) is 3.55. The smallest absolute Gasteiger partial charge is 0.182 e. The van der Waals surface area contributed by atoms with Gasteiger partial charge >= 0.3 is 0 Å². The maximum atomic E-state index is 14.1. The molecule has 3 rings (SSSR count). The minimum absolute atomic E-state index is 0.194. The van der Waals surface area contributed by atoms with E-state index in [4.69, 9.17) is 0 Å². The second-order valence-corrected chi connectivity index (χ2v) is 5.97. The Morgan fingerprint density at radius 3 is 2.50 bits per heavy atom. The van der Waals surface area contributed by atoms with Crippen LogP contribution in [0.15, 0.2) is 36.4 Å². The van der Waals surface area contributed by atoms with Crippen molar-refractivity contribution in [3.8, 4) is 5.75 Å². The molecule has 0 fully saturated rings. The summed E-state index contributed by atoms with van der Waals surface area (Å²) in [7, 11) is 0. The molecule has 2 nitrogen and oxygen atoms in total. The fraction of sp³-hybridized carbons (Fsp3) is 0.333. The molecule has 0 bridgehead atoms. The number of rotatable bonds is 3. The minimum Gasteiger partial charge on any atom is -0.508 e. The zero-order valence-electron chi connectivity index (χ0n) is 12.7. The number of fused-ring (bicyclic) bond motifs is 1. The molecule has 0 aliphatic carbocycles. The molecule has 0 radical (unpaired) electrons. The van der Waals surface area contributed by atoms with Crippen LogP contribution in [0.25, 0.3) is 0 Å². The van der Waals surface area contributed by atoms with Crippen LogP contribution in [-0.2, 0) is 5.41 Å². The SMILES string of the molecule is CCC(C)C1(c2ccc(O)cc2)CNc2c1ccc(F)c2F. The van der Waals surface area contributed by atoms with E-state index < -0.39 is 17.0 Å². The number of aromatic hydroxyl groups is 1. The number of phenols is 1. The van der Waals surface area contributed by atoms with E-state index >= 15 is 0 Å². The molecule has 0 amide bonds. The molecule has 0 spiro atoms. The number of benzene rings is 2. The van der Waals surface area contributed by atoms with Gasteiger partial charge < -0.3 is 10.4 Å². The number of phenolic OH excluding ortho intramolecular Hbond substituents is 1. The fourth-order valence-corrected chi connectivity index (χ4v) is 3.51. The van der Waals surface area contributed by atoms with Crippen LogP contribution < -0.4 is 5.32 Å². The van der Waals surface area contributed by atoms with E-state index in [9.17, 15) is 13.9 Å². The molecule has 0 saturated heterocycles. The zero-order chi connectivity index (χ0) is 15.9. The summed E-state index contributed by atoms with van der Waals surface area (Å²) in [6.45, 7) is 4.72. The van der Waals surface area contributed by atoms with Crippen molar-refractivity contribution in [3.05, 3.63) is 59.2 Å². The highest BCUT2D eigenvalue weighted by atomic mass is 19.2. The second-order valence-electron chi connectivity index (χ2n) is 5.97. The van der Waals surface area contributed by atoms with Crippen molar-refractivity contribution in [2.75, 3.05) is 11.9 Å². The van der Waals surface area contributed by atoms with Crippen molar-refractivity contribution in [2.45, 2.75) is 25.7 Å². The van der Waals surface area contributed by atoms with Crippen LogP contribution in [0.2, 0.25) is 0 Å². The lowest BCUT2D eigenvalue weighted by Crippen LogP contribution is -2.37. The van der Waals surface area contributed by atoms with Gasteiger partial charge in [-0.3, -0.25) is 0 Å². The third-order valence-electron chi connectivity index (χ3n) is 4.96. The van der Waals surface area contributed by atoms with Crippen LogP contribution in [0.3, 0.4) is 0 Å². The molecule has 2 N–H and O–H groups in total. The van der Waals surface area contributed by atoms with Gasteiger partial charge in [0.2, 0.25) is 0 Å². The minimum atomic E-state index is -0.836. The van der Waals surface area contributed by atoms with Crippen LogP contribution in [0.4, 0.5) is 14.5 Å². The topological polar surface area (TPSA) is 32.3 Å². The van der Waals surface area contributed by atoms with Crippen molar-refractivity contribution < 1.29 is 13.9 Å². The maximum absolute atomic E-state index is 14.1. The lowest BCUT2D eigenvalue weighted by Gasteiger charge is -2.36. The molecule has 0 saturated carbocycles. The number of halogens is 2.